The summed E-state index contributed by atoms with van der Waals surface area (Å²) in [5, 5.41) is 1.90. The fourth-order valence-corrected chi connectivity index (χ4v) is 2.35. The van der Waals surface area contributed by atoms with Crippen LogP contribution in [0.25, 0.3) is 0 Å². The van der Waals surface area contributed by atoms with Crippen LogP contribution in [-0.4, -0.2) is 25.0 Å². The van der Waals surface area contributed by atoms with Crippen LogP contribution in [0.2, 0.25) is 0 Å². The minimum Gasteiger partial charge on any atom is -0.484 e. The number of carbonyl (C=O) groups excluding carboxylic acids is 2. The first-order chi connectivity index (χ1) is 12.0. The molecule has 0 spiro atoms. The summed E-state index contributed by atoms with van der Waals surface area (Å²) >= 11 is 3.32. The maximum absolute atomic E-state index is 11.8. The molecule has 0 aromatic heterocycles. The second-order valence-electron chi connectivity index (χ2n) is 5.48. The molecule has 1 atom stereocenters. The number of carbonyl (C=O) groups is 2. The Morgan fingerprint density at radius 3 is 2.36 bits per heavy atom. The fraction of sp³-hybridized carbons (Fsp3) is 0.222. The summed E-state index contributed by atoms with van der Waals surface area (Å²) in [4.78, 5) is 23.5. The lowest BCUT2D eigenvalue weighted by Crippen LogP contribution is -2.87. The summed E-state index contributed by atoms with van der Waals surface area (Å²) < 4.78 is 6.25. The van der Waals surface area contributed by atoms with Crippen LogP contribution in [0.4, 0.5) is 0 Å². The maximum atomic E-state index is 11.8. The largest absolute Gasteiger partial charge is 0.484 e. The zero-order valence-electron chi connectivity index (χ0n) is 13.9. The topological polar surface area (TPSA) is 84.0 Å². The van der Waals surface area contributed by atoms with Gasteiger partial charge in [-0.2, -0.15) is 0 Å². The predicted octanol–water partition coefficient (Wildman–Crippen LogP) is 1.30. The Balaban J connectivity index is 1.64. The second-order valence-corrected chi connectivity index (χ2v) is 6.39. The number of hydrazine groups is 1. The van der Waals surface area contributed by atoms with Crippen LogP contribution >= 0.6 is 15.9 Å². The summed E-state index contributed by atoms with van der Waals surface area (Å²) in [5.74, 6) is -0.123. The van der Waals surface area contributed by atoms with E-state index in [0.717, 1.165) is 10.0 Å². The van der Waals surface area contributed by atoms with Crippen molar-refractivity contribution in [1.29, 1.82) is 0 Å². The number of halogens is 1. The van der Waals surface area contributed by atoms with Crippen LogP contribution in [0, 0.1) is 0 Å². The SMILES string of the molecule is C[C@@H]([NH2+]CC(=O)NNC(=O)COc1ccc(Br)cc1)c1ccccc1. The molecule has 25 heavy (non-hydrogen) atoms. The van der Waals surface area contributed by atoms with Crippen LogP contribution in [0.3, 0.4) is 0 Å². The van der Waals surface area contributed by atoms with E-state index in [1.807, 2.05) is 54.7 Å². The molecule has 2 aromatic rings. The van der Waals surface area contributed by atoms with Gasteiger partial charge in [0.25, 0.3) is 11.8 Å². The van der Waals surface area contributed by atoms with Gasteiger partial charge in [-0.3, -0.25) is 20.4 Å². The third kappa shape index (κ3) is 6.94. The number of amides is 2. The second kappa shape index (κ2) is 9.80. The van der Waals surface area contributed by atoms with Crippen molar-refractivity contribution in [2.24, 2.45) is 0 Å². The lowest BCUT2D eigenvalue weighted by Gasteiger charge is -2.12. The molecule has 0 saturated carbocycles. The molecular weight excluding hydrogens is 386 g/mol. The van der Waals surface area contributed by atoms with Crippen molar-refractivity contribution < 1.29 is 19.6 Å². The van der Waals surface area contributed by atoms with Gasteiger partial charge in [0.1, 0.15) is 11.8 Å². The van der Waals surface area contributed by atoms with E-state index in [9.17, 15) is 9.59 Å². The van der Waals surface area contributed by atoms with Crippen LogP contribution in [0.1, 0.15) is 18.5 Å². The van der Waals surface area contributed by atoms with Gasteiger partial charge in [-0.15, -0.1) is 0 Å². The van der Waals surface area contributed by atoms with Gasteiger partial charge in [0.2, 0.25) is 0 Å². The highest BCUT2D eigenvalue weighted by molar-refractivity contribution is 9.10. The average Bonchev–Trinajstić information content (AvgIpc) is 2.64. The number of benzene rings is 2. The Kier molecular flexibility index (Phi) is 7.43. The number of ether oxygens (including phenoxy) is 1. The lowest BCUT2D eigenvalue weighted by molar-refractivity contribution is -0.682. The molecule has 4 N–H and O–H groups in total. The number of nitrogens with one attached hydrogen (secondary N) is 2. The average molecular weight is 407 g/mol. The zero-order valence-corrected chi connectivity index (χ0v) is 15.5. The molecule has 2 amide bonds. The molecule has 0 bridgehead atoms. The van der Waals surface area contributed by atoms with Crippen molar-refractivity contribution in [2.75, 3.05) is 13.2 Å². The summed E-state index contributed by atoms with van der Waals surface area (Å²) in [5.41, 5.74) is 5.85. The minimum absolute atomic E-state index is 0.156. The molecule has 0 saturated heterocycles. The Bertz CT molecular complexity index is 692. The van der Waals surface area contributed by atoms with E-state index in [1.165, 1.54) is 0 Å². The number of hydrogen-bond acceptors (Lipinski definition) is 3. The van der Waals surface area contributed by atoms with E-state index in [-0.39, 0.29) is 25.1 Å². The van der Waals surface area contributed by atoms with Crippen molar-refractivity contribution >= 4 is 27.7 Å². The van der Waals surface area contributed by atoms with Gasteiger partial charge < -0.3 is 10.1 Å². The highest BCUT2D eigenvalue weighted by Gasteiger charge is 2.11. The van der Waals surface area contributed by atoms with Crippen LogP contribution in [0.15, 0.2) is 59.1 Å². The van der Waals surface area contributed by atoms with E-state index < -0.39 is 5.91 Å². The Morgan fingerprint density at radius 1 is 1.04 bits per heavy atom. The quantitative estimate of drug-likeness (QED) is 0.605. The first-order valence-electron chi connectivity index (χ1n) is 7.89. The van der Waals surface area contributed by atoms with Gasteiger partial charge in [-0.25, -0.2) is 0 Å². The van der Waals surface area contributed by atoms with Crippen molar-refractivity contribution in [2.45, 2.75) is 13.0 Å². The van der Waals surface area contributed by atoms with Gasteiger partial charge in [0, 0.05) is 10.0 Å². The molecule has 132 valence electrons. The molecule has 0 aliphatic heterocycles. The summed E-state index contributed by atoms with van der Waals surface area (Å²) in [6, 6.07) is 17.2. The molecule has 2 rings (SSSR count). The standard InChI is InChI=1S/C18H20BrN3O3/c1-13(14-5-3-2-4-6-14)20-11-17(23)21-22-18(24)12-25-16-9-7-15(19)8-10-16/h2-10,13,20H,11-12H2,1H3,(H,21,23)(H,22,24)/p+1/t13-/m1/s1. The Labute approximate surface area is 155 Å². The van der Waals surface area contributed by atoms with E-state index >= 15 is 0 Å². The maximum Gasteiger partial charge on any atom is 0.293 e. The van der Waals surface area contributed by atoms with Crippen molar-refractivity contribution in [3.8, 4) is 5.75 Å². The first-order valence-corrected chi connectivity index (χ1v) is 8.68. The van der Waals surface area contributed by atoms with E-state index in [2.05, 4.69) is 26.8 Å². The number of quaternary nitrogens is 1. The molecule has 0 fully saturated rings. The molecular formula is C18H21BrN3O3+. The lowest BCUT2D eigenvalue weighted by atomic mass is 10.1. The van der Waals surface area contributed by atoms with Crippen molar-refractivity contribution in [1.82, 2.24) is 10.9 Å². The molecule has 0 radical (unpaired) electrons. The van der Waals surface area contributed by atoms with Gasteiger partial charge in [-0.1, -0.05) is 46.3 Å². The van der Waals surface area contributed by atoms with Crippen molar-refractivity contribution in [3.05, 3.63) is 64.6 Å². The molecule has 7 heteroatoms. The zero-order chi connectivity index (χ0) is 18.1. The smallest absolute Gasteiger partial charge is 0.293 e. The van der Waals surface area contributed by atoms with E-state index in [4.69, 9.17) is 4.74 Å². The summed E-state index contributed by atoms with van der Waals surface area (Å²) in [6.45, 7) is 2.06. The third-order valence-electron chi connectivity index (χ3n) is 3.51. The molecule has 6 nitrogen and oxygen atoms in total. The van der Waals surface area contributed by atoms with E-state index in [0.29, 0.717) is 5.75 Å². The van der Waals surface area contributed by atoms with Gasteiger partial charge in [0.05, 0.1) is 0 Å². The minimum atomic E-state index is -0.424. The highest BCUT2D eigenvalue weighted by atomic mass is 79.9. The summed E-state index contributed by atoms with van der Waals surface area (Å²) in [7, 11) is 0. The van der Waals surface area contributed by atoms with Gasteiger partial charge in [0.15, 0.2) is 13.2 Å². The third-order valence-corrected chi connectivity index (χ3v) is 4.04. The molecule has 0 aliphatic rings. The van der Waals surface area contributed by atoms with E-state index in [1.54, 1.807) is 12.1 Å². The van der Waals surface area contributed by atoms with Gasteiger partial charge >= 0.3 is 0 Å². The fourth-order valence-electron chi connectivity index (χ4n) is 2.08. The molecule has 0 aliphatic carbocycles. The van der Waals surface area contributed by atoms with Gasteiger partial charge in [-0.05, 0) is 31.2 Å². The van der Waals surface area contributed by atoms with Crippen LogP contribution < -0.4 is 20.9 Å². The molecule has 0 heterocycles. The predicted molar refractivity (Wildman–Crippen MR) is 97.6 cm³/mol. The van der Waals surface area contributed by atoms with Crippen LogP contribution in [0.5, 0.6) is 5.75 Å². The highest BCUT2D eigenvalue weighted by Crippen LogP contribution is 2.15. The number of nitrogens with two attached hydrogens (primary N) is 1. The number of rotatable bonds is 7. The van der Waals surface area contributed by atoms with Crippen molar-refractivity contribution in [3.63, 3.8) is 0 Å². The monoisotopic (exact) mass is 406 g/mol. The Morgan fingerprint density at radius 2 is 1.68 bits per heavy atom. The van der Waals surface area contributed by atoms with Crippen LogP contribution in [-0.2, 0) is 9.59 Å². The number of hydrogen-bond donors (Lipinski definition) is 3. The Hall–Kier alpha value is -2.38. The first kappa shape index (κ1) is 19.0. The normalized spacial score (nSPS) is 11.4. The molecule has 2 aromatic carbocycles. The summed E-state index contributed by atoms with van der Waals surface area (Å²) in [6.07, 6.45) is 0. The molecule has 0 unspecified atom stereocenters.